The summed E-state index contributed by atoms with van der Waals surface area (Å²) < 4.78 is 6.62. The number of amides is 1. The summed E-state index contributed by atoms with van der Waals surface area (Å²) in [6.45, 7) is 2.70. The van der Waals surface area contributed by atoms with Crippen LogP contribution in [0.4, 0.5) is 0 Å². The molecule has 0 fully saturated rings. The number of thiophene rings is 1. The highest BCUT2D eigenvalue weighted by atomic mass is 79.9. The summed E-state index contributed by atoms with van der Waals surface area (Å²) >= 11 is 5.25. The van der Waals surface area contributed by atoms with Crippen LogP contribution in [-0.2, 0) is 11.3 Å². The molecule has 0 aliphatic carbocycles. The van der Waals surface area contributed by atoms with Gasteiger partial charge in [-0.15, -0.1) is 11.3 Å². The van der Waals surface area contributed by atoms with Crippen LogP contribution in [0.25, 0.3) is 10.8 Å². The highest BCUT2D eigenvalue weighted by Crippen LogP contribution is 2.33. The Morgan fingerprint density at radius 1 is 1.21 bits per heavy atom. The monoisotopic (exact) mass is 403 g/mol. The van der Waals surface area contributed by atoms with Gasteiger partial charge in [-0.3, -0.25) is 4.79 Å². The van der Waals surface area contributed by atoms with E-state index in [4.69, 9.17) is 4.74 Å². The SMILES string of the molecule is Cc1ccsc1CN(C)C(=O)COc1ccc2ccccc2c1Br. The van der Waals surface area contributed by atoms with Gasteiger partial charge < -0.3 is 9.64 Å². The van der Waals surface area contributed by atoms with Crippen molar-refractivity contribution in [2.45, 2.75) is 13.5 Å². The normalized spacial score (nSPS) is 10.8. The molecule has 1 amide bonds. The Balaban J connectivity index is 1.66. The van der Waals surface area contributed by atoms with E-state index in [9.17, 15) is 4.79 Å². The van der Waals surface area contributed by atoms with Crippen LogP contribution in [-0.4, -0.2) is 24.5 Å². The van der Waals surface area contributed by atoms with E-state index in [1.165, 1.54) is 10.4 Å². The molecule has 0 saturated heterocycles. The van der Waals surface area contributed by atoms with Gasteiger partial charge in [0.2, 0.25) is 0 Å². The van der Waals surface area contributed by atoms with Crippen LogP contribution >= 0.6 is 27.3 Å². The first-order chi connectivity index (χ1) is 11.6. The van der Waals surface area contributed by atoms with Crippen molar-refractivity contribution < 1.29 is 9.53 Å². The number of carbonyl (C=O) groups is 1. The van der Waals surface area contributed by atoms with E-state index in [0.29, 0.717) is 12.3 Å². The zero-order valence-corrected chi connectivity index (χ0v) is 16.0. The zero-order valence-electron chi connectivity index (χ0n) is 13.6. The quantitative estimate of drug-likeness (QED) is 0.598. The number of carbonyl (C=O) groups excluding carboxylic acids is 1. The molecule has 5 heteroatoms. The van der Waals surface area contributed by atoms with Crippen LogP contribution in [0.3, 0.4) is 0 Å². The predicted octanol–water partition coefficient (Wildman–Crippen LogP) is 5.01. The third-order valence-corrected chi connectivity index (χ3v) is 5.78. The first-order valence-electron chi connectivity index (χ1n) is 7.63. The number of hydrogen-bond acceptors (Lipinski definition) is 3. The molecule has 0 aliphatic heterocycles. The van der Waals surface area contributed by atoms with Gasteiger partial charge in [0.05, 0.1) is 11.0 Å². The van der Waals surface area contributed by atoms with Crippen molar-refractivity contribution in [2.75, 3.05) is 13.7 Å². The molecule has 0 unspecified atom stereocenters. The lowest BCUT2D eigenvalue weighted by Gasteiger charge is -2.18. The fraction of sp³-hybridized carbons (Fsp3) is 0.211. The van der Waals surface area contributed by atoms with E-state index in [-0.39, 0.29) is 12.5 Å². The summed E-state index contributed by atoms with van der Waals surface area (Å²) in [7, 11) is 1.81. The van der Waals surface area contributed by atoms with E-state index in [1.807, 2.05) is 41.8 Å². The number of ether oxygens (including phenoxy) is 1. The maximum absolute atomic E-state index is 12.3. The van der Waals surface area contributed by atoms with E-state index >= 15 is 0 Å². The molecule has 0 N–H and O–H groups in total. The number of benzene rings is 2. The minimum Gasteiger partial charge on any atom is -0.483 e. The largest absolute Gasteiger partial charge is 0.483 e. The molecule has 0 atom stereocenters. The van der Waals surface area contributed by atoms with Gasteiger partial charge in [0.15, 0.2) is 6.61 Å². The maximum atomic E-state index is 12.3. The molecule has 24 heavy (non-hydrogen) atoms. The summed E-state index contributed by atoms with van der Waals surface area (Å²) in [4.78, 5) is 15.2. The maximum Gasteiger partial charge on any atom is 0.260 e. The summed E-state index contributed by atoms with van der Waals surface area (Å²) in [6, 6.07) is 14.0. The molecule has 0 aliphatic rings. The van der Waals surface area contributed by atoms with Crippen LogP contribution < -0.4 is 4.74 Å². The van der Waals surface area contributed by atoms with Crippen LogP contribution in [0.1, 0.15) is 10.4 Å². The molecule has 0 radical (unpaired) electrons. The lowest BCUT2D eigenvalue weighted by molar-refractivity contribution is -0.132. The van der Waals surface area contributed by atoms with Crippen molar-refractivity contribution in [3.8, 4) is 5.75 Å². The van der Waals surface area contributed by atoms with Gasteiger partial charge in [0, 0.05) is 11.9 Å². The summed E-state index contributed by atoms with van der Waals surface area (Å²) in [6.07, 6.45) is 0. The lowest BCUT2D eigenvalue weighted by Crippen LogP contribution is -2.30. The number of likely N-dealkylation sites (N-methyl/N-ethyl adjacent to an activating group) is 1. The third-order valence-electron chi connectivity index (χ3n) is 3.95. The average Bonchev–Trinajstić information content (AvgIpc) is 2.99. The smallest absolute Gasteiger partial charge is 0.260 e. The van der Waals surface area contributed by atoms with Gasteiger partial charge >= 0.3 is 0 Å². The van der Waals surface area contributed by atoms with E-state index in [0.717, 1.165) is 15.2 Å². The van der Waals surface area contributed by atoms with Crippen molar-refractivity contribution in [1.29, 1.82) is 0 Å². The Hall–Kier alpha value is -1.85. The summed E-state index contributed by atoms with van der Waals surface area (Å²) in [5.41, 5.74) is 1.22. The van der Waals surface area contributed by atoms with Gasteiger partial charge in [-0.25, -0.2) is 0 Å². The topological polar surface area (TPSA) is 29.5 Å². The van der Waals surface area contributed by atoms with Gasteiger partial charge in [0.1, 0.15) is 5.75 Å². The molecule has 1 aromatic heterocycles. The highest BCUT2D eigenvalue weighted by Gasteiger charge is 2.13. The van der Waals surface area contributed by atoms with Crippen LogP contribution in [0, 0.1) is 6.92 Å². The fourth-order valence-corrected chi connectivity index (χ4v) is 4.01. The van der Waals surface area contributed by atoms with Gasteiger partial charge in [0.25, 0.3) is 5.91 Å². The van der Waals surface area contributed by atoms with Crippen LogP contribution in [0.5, 0.6) is 5.75 Å². The summed E-state index contributed by atoms with van der Waals surface area (Å²) in [5.74, 6) is 0.644. The zero-order chi connectivity index (χ0) is 17.1. The molecule has 0 bridgehead atoms. The fourth-order valence-electron chi connectivity index (χ4n) is 2.44. The number of halogens is 1. The van der Waals surface area contributed by atoms with Crippen molar-refractivity contribution in [3.05, 3.63) is 62.8 Å². The van der Waals surface area contributed by atoms with Gasteiger partial charge in [-0.05, 0) is 56.7 Å². The van der Waals surface area contributed by atoms with Crippen LogP contribution in [0.2, 0.25) is 0 Å². The summed E-state index contributed by atoms with van der Waals surface area (Å²) in [5, 5.41) is 4.25. The van der Waals surface area contributed by atoms with Crippen molar-refractivity contribution in [1.82, 2.24) is 4.90 Å². The molecular formula is C19H18BrNO2S. The second-order valence-corrected chi connectivity index (χ2v) is 7.46. The second kappa shape index (κ2) is 7.36. The molecule has 3 nitrogen and oxygen atoms in total. The van der Waals surface area contributed by atoms with E-state index in [1.54, 1.807) is 23.3 Å². The molecule has 3 aromatic rings. The minimum absolute atomic E-state index is 0.0257. The number of aryl methyl sites for hydroxylation is 1. The van der Waals surface area contributed by atoms with Crippen molar-refractivity contribution in [2.24, 2.45) is 0 Å². The predicted molar refractivity (Wildman–Crippen MR) is 103 cm³/mol. The number of hydrogen-bond donors (Lipinski definition) is 0. The molecular weight excluding hydrogens is 386 g/mol. The van der Waals surface area contributed by atoms with Crippen molar-refractivity contribution in [3.63, 3.8) is 0 Å². The Kier molecular flexibility index (Phi) is 5.21. The molecule has 3 rings (SSSR count). The Morgan fingerprint density at radius 2 is 2.00 bits per heavy atom. The third kappa shape index (κ3) is 3.62. The molecule has 1 heterocycles. The standard InChI is InChI=1S/C19H18BrNO2S/c1-13-9-10-24-17(13)11-21(2)18(22)12-23-16-8-7-14-5-3-4-6-15(14)19(16)20/h3-10H,11-12H2,1-2H3. The van der Waals surface area contributed by atoms with Gasteiger partial charge in [-0.1, -0.05) is 30.3 Å². The molecule has 0 saturated carbocycles. The Morgan fingerprint density at radius 3 is 2.75 bits per heavy atom. The first kappa shape index (κ1) is 17.0. The Labute approximate surface area is 154 Å². The van der Waals surface area contributed by atoms with Crippen LogP contribution in [0.15, 0.2) is 52.3 Å². The molecule has 124 valence electrons. The second-order valence-electron chi connectivity index (χ2n) is 5.66. The lowest BCUT2D eigenvalue weighted by atomic mass is 10.1. The van der Waals surface area contributed by atoms with E-state index in [2.05, 4.69) is 28.9 Å². The van der Waals surface area contributed by atoms with Crippen molar-refractivity contribution >= 4 is 43.9 Å². The number of nitrogens with zero attached hydrogens (tertiary/aromatic N) is 1. The highest BCUT2D eigenvalue weighted by molar-refractivity contribution is 9.10. The average molecular weight is 404 g/mol. The number of rotatable bonds is 5. The van der Waals surface area contributed by atoms with Gasteiger partial charge in [-0.2, -0.15) is 0 Å². The minimum atomic E-state index is -0.0390. The Bertz CT molecular complexity index is 875. The number of fused-ring (bicyclic) bond motifs is 1. The molecule has 0 spiro atoms. The van der Waals surface area contributed by atoms with E-state index < -0.39 is 0 Å². The molecule has 2 aromatic carbocycles. The first-order valence-corrected chi connectivity index (χ1v) is 9.30.